The lowest BCUT2D eigenvalue weighted by Crippen LogP contribution is -2.45. The van der Waals surface area contributed by atoms with Gasteiger partial charge in [-0.25, -0.2) is 0 Å². The summed E-state index contributed by atoms with van der Waals surface area (Å²) in [6.07, 6.45) is 0.185. The van der Waals surface area contributed by atoms with Gasteiger partial charge in [0.1, 0.15) is 17.5 Å². The molecule has 3 amide bonds. The molecular weight excluding hydrogens is 494 g/mol. The number of carbonyl (C=O) groups is 3. The lowest BCUT2D eigenvalue weighted by Gasteiger charge is -2.20. The van der Waals surface area contributed by atoms with E-state index >= 15 is 0 Å². The number of amides is 3. The summed E-state index contributed by atoms with van der Waals surface area (Å²) >= 11 is 0. The molecule has 0 fully saturated rings. The van der Waals surface area contributed by atoms with Gasteiger partial charge in [0.25, 0.3) is 11.8 Å². The summed E-state index contributed by atoms with van der Waals surface area (Å²) in [4.78, 5) is 39.6. The molecule has 0 radical (unpaired) electrons. The van der Waals surface area contributed by atoms with Crippen molar-refractivity contribution in [1.82, 2.24) is 5.32 Å². The number of nitrogens with one attached hydrogen (secondary N) is 3. The van der Waals surface area contributed by atoms with E-state index in [-0.39, 0.29) is 17.7 Å². The fraction of sp³-hybridized carbons (Fsp3) is 0.129. The summed E-state index contributed by atoms with van der Waals surface area (Å²) in [6.45, 7) is 1.88. The monoisotopic (exact) mass is 523 g/mol. The number of benzene rings is 4. The second-order valence-corrected chi connectivity index (χ2v) is 8.93. The smallest absolute Gasteiger partial charge is 0.255 e. The van der Waals surface area contributed by atoms with Crippen molar-refractivity contribution < 1.29 is 24.2 Å². The van der Waals surface area contributed by atoms with Crippen molar-refractivity contribution in [2.75, 3.05) is 17.7 Å². The SMILES string of the molecule is COc1ccc(C(=O)Nc2ccccc2C(=O)N[C@H](Cc2ccc(O)cc2)C(=O)Nc2ccccc2C)cc1. The first-order chi connectivity index (χ1) is 18.8. The molecule has 0 saturated carbocycles. The van der Waals surface area contributed by atoms with Gasteiger partial charge in [0.05, 0.1) is 18.4 Å². The first-order valence-corrected chi connectivity index (χ1v) is 12.3. The van der Waals surface area contributed by atoms with Gasteiger partial charge in [0, 0.05) is 17.7 Å². The molecule has 8 nitrogen and oxygen atoms in total. The molecular formula is C31H29N3O5. The number of aromatic hydroxyl groups is 1. The predicted molar refractivity (Wildman–Crippen MR) is 150 cm³/mol. The molecule has 0 aromatic heterocycles. The topological polar surface area (TPSA) is 117 Å². The molecule has 4 aromatic rings. The van der Waals surface area contributed by atoms with E-state index in [1.807, 2.05) is 25.1 Å². The highest BCUT2D eigenvalue weighted by Crippen LogP contribution is 2.20. The molecule has 1 atom stereocenters. The summed E-state index contributed by atoms with van der Waals surface area (Å²) < 4.78 is 5.14. The summed E-state index contributed by atoms with van der Waals surface area (Å²) in [6, 6.07) is 26.0. The Balaban J connectivity index is 1.55. The normalized spacial score (nSPS) is 11.2. The average molecular weight is 524 g/mol. The maximum atomic E-state index is 13.4. The lowest BCUT2D eigenvalue weighted by atomic mass is 10.0. The van der Waals surface area contributed by atoms with Crippen LogP contribution in [0.5, 0.6) is 11.5 Å². The van der Waals surface area contributed by atoms with Crippen LogP contribution in [0.4, 0.5) is 11.4 Å². The van der Waals surface area contributed by atoms with Crippen molar-refractivity contribution >= 4 is 29.1 Å². The van der Waals surface area contributed by atoms with E-state index in [9.17, 15) is 19.5 Å². The molecule has 0 saturated heterocycles. The summed E-state index contributed by atoms with van der Waals surface area (Å²) in [5.41, 5.74) is 3.18. The maximum Gasteiger partial charge on any atom is 0.255 e. The molecule has 0 aliphatic carbocycles. The minimum absolute atomic E-state index is 0.102. The zero-order chi connectivity index (χ0) is 27.8. The number of rotatable bonds is 9. The number of phenols is 1. The minimum atomic E-state index is -0.938. The molecule has 0 heterocycles. The minimum Gasteiger partial charge on any atom is -0.508 e. The van der Waals surface area contributed by atoms with E-state index in [0.29, 0.717) is 22.7 Å². The van der Waals surface area contributed by atoms with Crippen LogP contribution in [0.2, 0.25) is 0 Å². The van der Waals surface area contributed by atoms with Gasteiger partial charge < -0.3 is 25.8 Å². The Morgan fingerprint density at radius 1 is 0.769 bits per heavy atom. The quantitative estimate of drug-likeness (QED) is 0.248. The molecule has 0 aliphatic rings. The molecule has 0 bridgehead atoms. The molecule has 4 aromatic carbocycles. The molecule has 39 heavy (non-hydrogen) atoms. The van der Waals surface area contributed by atoms with E-state index in [2.05, 4.69) is 16.0 Å². The number of ether oxygens (including phenoxy) is 1. The standard InChI is InChI=1S/C31H29N3O5/c1-20-7-3-5-9-26(20)32-31(38)28(19-21-11-15-23(35)16-12-21)34-30(37)25-8-4-6-10-27(25)33-29(36)22-13-17-24(39-2)18-14-22/h3-18,28,35H,19H2,1-2H3,(H,32,38)(H,33,36)(H,34,37)/t28-/m1/s1. The fourth-order valence-electron chi connectivity index (χ4n) is 3.97. The third-order valence-corrected chi connectivity index (χ3v) is 6.17. The van der Waals surface area contributed by atoms with Gasteiger partial charge >= 0.3 is 0 Å². The highest BCUT2D eigenvalue weighted by Gasteiger charge is 2.24. The number of carbonyl (C=O) groups excluding carboxylic acids is 3. The van der Waals surface area contributed by atoms with Crippen LogP contribution in [-0.4, -0.2) is 36.0 Å². The zero-order valence-electron chi connectivity index (χ0n) is 21.6. The molecule has 0 aliphatic heterocycles. The van der Waals surface area contributed by atoms with Gasteiger partial charge in [-0.15, -0.1) is 0 Å². The van der Waals surface area contributed by atoms with Crippen molar-refractivity contribution in [3.63, 3.8) is 0 Å². The lowest BCUT2D eigenvalue weighted by molar-refractivity contribution is -0.118. The number of hydrogen-bond donors (Lipinski definition) is 4. The van der Waals surface area contributed by atoms with Crippen LogP contribution in [0.3, 0.4) is 0 Å². The van der Waals surface area contributed by atoms with Gasteiger partial charge in [-0.1, -0.05) is 42.5 Å². The number of phenolic OH excluding ortho intramolecular Hbond substituents is 1. The molecule has 8 heteroatoms. The Morgan fingerprint density at radius 3 is 2.08 bits per heavy atom. The first kappa shape index (κ1) is 26.9. The third-order valence-electron chi connectivity index (χ3n) is 6.17. The second kappa shape index (κ2) is 12.4. The number of methoxy groups -OCH3 is 1. The first-order valence-electron chi connectivity index (χ1n) is 12.3. The van der Waals surface area contributed by atoms with Crippen molar-refractivity contribution in [3.05, 3.63) is 119 Å². The summed E-state index contributed by atoms with van der Waals surface area (Å²) in [5, 5.41) is 18.1. The van der Waals surface area contributed by atoms with Crippen LogP contribution in [0.15, 0.2) is 97.1 Å². The molecule has 4 rings (SSSR count). The highest BCUT2D eigenvalue weighted by atomic mass is 16.5. The fourth-order valence-corrected chi connectivity index (χ4v) is 3.97. The van der Waals surface area contributed by atoms with E-state index in [4.69, 9.17) is 4.74 Å². The van der Waals surface area contributed by atoms with Crippen molar-refractivity contribution in [2.45, 2.75) is 19.4 Å². The summed E-state index contributed by atoms with van der Waals surface area (Å²) in [5.74, 6) is -0.592. The van der Waals surface area contributed by atoms with Gasteiger partial charge in [0.15, 0.2) is 0 Å². The Morgan fingerprint density at radius 2 is 1.41 bits per heavy atom. The van der Waals surface area contributed by atoms with Crippen molar-refractivity contribution in [1.29, 1.82) is 0 Å². The van der Waals surface area contributed by atoms with Crippen LogP contribution < -0.4 is 20.7 Å². The molecule has 198 valence electrons. The van der Waals surface area contributed by atoms with Crippen LogP contribution in [-0.2, 0) is 11.2 Å². The van der Waals surface area contributed by atoms with E-state index in [0.717, 1.165) is 11.1 Å². The number of hydrogen-bond acceptors (Lipinski definition) is 5. The number of aryl methyl sites for hydroxylation is 1. The van der Waals surface area contributed by atoms with Gasteiger partial charge in [-0.3, -0.25) is 14.4 Å². The summed E-state index contributed by atoms with van der Waals surface area (Å²) in [7, 11) is 1.54. The van der Waals surface area contributed by atoms with Gasteiger partial charge in [-0.2, -0.15) is 0 Å². The van der Waals surface area contributed by atoms with Crippen LogP contribution in [0.1, 0.15) is 31.8 Å². The van der Waals surface area contributed by atoms with Crippen molar-refractivity contribution in [2.24, 2.45) is 0 Å². The van der Waals surface area contributed by atoms with Crippen LogP contribution >= 0.6 is 0 Å². The van der Waals surface area contributed by atoms with Gasteiger partial charge in [0.2, 0.25) is 5.91 Å². The van der Waals surface area contributed by atoms with Crippen LogP contribution in [0, 0.1) is 6.92 Å². The highest BCUT2D eigenvalue weighted by molar-refractivity contribution is 6.10. The zero-order valence-corrected chi connectivity index (χ0v) is 21.6. The Kier molecular flexibility index (Phi) is 8.58. The second-order valence-electron chi connectivity index (χ2n) is 8.93. The largest absolute Gasteiger partial charge is 0.508 e. The Labute approximate surface area is 226 Å². The van der Waals surface area contributed by atoms with Gasteiger partial charge in [-0.05, 0) is 72.6 Å². The van der Waals surface area contributed by atoms with Crippen molar-refractivity contribution in [3.8, 4) is 11.5 Å². The number of anilines is 2. The third kappa shape index (κ3) is 7.01. The Hall–Kier alpha value is -5.11. The van der Waals surface area contributed by atoms with E-state index in [1.54, 1.807) is 73.8 Å². The molecule has 0 spiro atoms. The molecule has 0 unspecified atom stereocenters. The number of para-hydroxylation sites is 2. The average Bonchev–Trinajstić information content (AvgIpc) is 2.95. The van der Waals surface area contributed by atoms with Crippen LogP contribution in [0.25, 0.3) is 0 Å². The van der Waals surface area contributed by atoms with E-state index < -0.39 is 23.8 Å². The Bertz CT molecular complexity index is 1470. The predicted octanol–water partition coefficient (Wildman–Crippen LogP) is 4.94. The molecule has 4 N–H and O–H groups in total. The maximum absolute atomic E-state index is 13.4. The van der Waals surface area contributed by atoms with E-state index in [1.165, 1.54) is 12.1 Å².